The Balaban J connectivity index is 1.85. The third-order valence-corrected chi connectivity index (χ3v) is 4.89. The number of fused-ring (bicyclic) bond motifs is 3. The zero-order chi connectivity index (χ0) is 15.8. The largest absolute Gasteiger partial charge is 0.497 e. The van der Waals surface area contributed by atoms with E-state index >= 15 is 0 Å². The van der Waals surface area contributed by atoms with Gasteiger partial charge in [0, 0.05) is 25.6 Å². The fourth-order valence-corrected chi connectivity index (χ4v) is 3.79. The van der Waals surface area contributed by atoms with Crippen molar-refractivity contribution in [2.75, 3.05) is 26.7 Å². The van der Waals surface area contributed by atoms with Gasteiger partial charge in [-0.2, -0.15) is 0 Å². The molecule has 0 radical (unpaired) electrons. The van der Waals surface area contributed by atoms with Crippen molar-refractivity contribution < 1.29 is 9.53 Å². The molecule has 1 fully saturated rings. The Morgan fingerprint density at radius 1 is 1.13 bits per heavy atom. The first-order valence-electron chi connectivity index (χ1n) is 8.02. The maximum atomic E-state index is 12.4. The van der Waals surface area contributed by atoms with Crippen LogP contribution in [-0.2, 0) is 4.79 Å². The van der Waals surface area contributed by atoms with Crippen LogP contribution >= 0.6 is 0 Å². The van der Waals surface area contributed by atoms with E-state index in [1.165, 1.54) is 11.1 Å². The summed E-state index contributed by atoms with van der Waals surface area (Å²) in [6.07, 6.45) is 0. The molecule has 1 N–H and O–H groups in total. The molecule has 4 rings (SSSR count). The van der Waals surface area contributed by atoms with Gasteiger partial charge in [-0.3, -0.25) is 9.69 Å². The van der Waals surface area contributed by atoms with E-state index in [9.17, 15) is 4.79 Å². The molecule has 2 aliphatic heterocycles. The summed E-state index contributed by atoms with van der Waals surface area (Å²) in [5.74, 6) is 1.19. The van der Waals surface area contributed by atoms with Gasteiger partial charge in [0.2, 0.25) is 5.91 Å². The Bertz CT molecular complexity index is 729. The van der Waals surface area contributed by atoms with Gasteiger partial charge in [0.15, 0.2) is 0 Å². The molecule has 1 amide bonds. The summed E-state index contributed by atoms with van der Waals surface area (Å²) in [7, 11) is 1.66. The van der Waals surface area contributed by atoms with Crippen LogP contribution in [0.15, 0.2) is 48.5 Å². The quantitative estimate of drug-likeness (QED) is 0.926. The van der Waals surface area contributed by atoms with Crippen molar-refractivity contribution in [3.05, 3.63) is 65.2 Å². The van der Waals surface area contributed by atoms with Crippen LogP contribution in [0.2, 0.25) is 0 Å². The number of piperazine rings is 1. The lowest BCUT2D eigenvalue weighted by Crippen LogP contribution is -2.53. The van der Waals surface area contributed by atoms with Crippen LogP contribution in [0.5, 0.6) is 5.75 Å². The summed E-state index contributed by atoms with van der Waals surface area (Å²) < 4.78 is 5.39. The van der Waals surface area contributed by atoms with Crippen molar-refractivity contribution in [2.45, 2.75) is 12.0 Å². The Labute approximate surface area is 136 Å². The van der Waals surface area contributed by atoms with Crippen molar-refractivity contribution in [2.24, 2.45) is 0 Å². The van der Waals surface area contributed by atoms with Crippen LogP contribution in [0.25, 0.3) is 0 Å². The van der Waals surface area contributed by atoms with Gasteiger partial charge in [-0.25, -0.2) is 0 Å². The van der Waals surface area contributed by atoms with Crippen molar-refractivity contribution in [3.63, 3.8) is 0 Å². The van der Waals surface area contributed by atoms with E-state index in [2.05, 4.69) is 40.5 Å². The second-order valence-electron chi connectivity index (χ2n) is 6.15. The van der Waals surface area contributed by atoms with Gasteiger partial charge < -0.3 is 10.1 Å². The highest BCUT2D eigenvalue weighted by atomic mass is 16.5. The summed E-state index contributed by atoms with van der Waals surface area (Å²) in [4.78, 5) is 14.7. The monoisotopic (exact) mass is 308 g/mol. The highest BCUT2D eigenvalue weighted by Gasteiger charge is 2.39. The fraction of sp³-hybridized carbons (Fsp3) is 0.316. The fourth-order valence-electron chi connectivity index (χ4n) is 3.79. The van der Waals surface area contributed by atoms with Gasteiger partial charge in [-0.05, 0) is 28.8 Å². The smallest absolute Gasteiger partial charge is 0.242 e. The molecule has 2 aromatic carbocycles. The lowest BCUT2D eigenvalue weighted by Gasteiger charge is -2.43. The van der Waals surface area contributed by atoms with Crippen LogP contribution in [0.1, 0.15) is 28.7 Å². The minimum Gasteiger partial charge on any atom is -0.497 e. The Kier molecular flexibility index (Phi) is 3.54. The molecule has 0 saturated carbocycles. The van der Waals surface area contributed by atoms with E-state index < -0.39 is 0 Å². The maximum Gasteiger partial charge on any atom is 0.242 e. The first-order chi connectivity index (χ1) is 11.3. The molecule has 4 nitrogen and oxygen atoms in total. The molecule has 2 aromatic rings. The Morgan fingerprint density at radius 2 is 1.96 bits per heavy atom. The summed E-state index contributed by atoms with van der Waals surface area (Å²) >= 11 is 0. The van der Waals surface area contributed by atoms with Gasteiger partial charge in [0.1, 0.15) is 11.8 Å². The molecule has 0 spiro atoms. The molecule has 23 heavy (non-hydrogen) atoms. The van der Waals surface area contributed by atoms with Crippen molar-refractivity contribution in [1.82, 2.24) is 10.2 Å². The number of nitrogens with one attached hydrogen (secondary N) is 1. The molecule has 0 aliphatic carbocycles. The number of nitrogens with zero attached hydrogens (tertiary/aromatic N) is 1. The lowest BCUT2D eigenvalue weighted by molar-refractivity contribution is -0.129. The molecule has 1 saturated heterocycles. The normalized spacial score (nSPS) is 23.6. The predicted molar refractivity (Wildman–Crippen MR) is 88.6 cm³/mol. The number of methoxy groups -OCH3 is 1. The van der Waals surface area contributed by atoms with E-state index in [-0.39, 0.29) is 11.9 Å². The average molecular weight is 308 g/mol. The highest BCUT2D eigenvalue weighted by Crippen LogP contribution is 2.41. The number of carbonyl (C=O) groups is 1. The second kappa shape index (κ2) is 5.70. The standard InChI is InChI=1S/C19H20N2O2/c1-23-14-7-8-15-16(11-14)18-19(22)20-9-10-21(18)12-17(15)13-5-3-2-4-6-13/h2-8,11,17-18H,9-10,12H2,1H3,(H,20,22)/t17-,18-/m0/s1. The number of amides is 1. The molecule has 2 atom stereocenters. The lowest BCUT2D eigenvalue weighted by atomic mass is 9.80. The summed E-state index contributed by atoms with van der Waals surface area (Å²) in [5.41, 5.74) is 3.60. The molecule has 2 heterocycles. The third kappa shape index (κ3) is 2.39. The molecule has 0 unspecified atom stereocenters. The van der Waals surface area contributed by atoms with Gasteiger partial charge >= 0.3 is 0 Å². The Morgan fingerprint density at radius 3 is 2.74 bits per heavy atom. The molecular weight excluding hydrogens is 288 g/mol. The maximum absolute atomic E-state index is 12.4. The predicted octanol–water partition coefficient (Wildman–Crippen LogP) is 2.31. The summed E-state index contributed by atoms with van der Waals surface area (Å²) in [6, 6.07) is 16.5. The zero-order valence-corrected chi connectivity index (χ0v) is 13.2. The van der Waals surface area contributed by atoms with Gasteiger partial charge in [0.05, 0.1) is 7.11 Å². The highest BCUT2D eigenvalue weighted by molar-refractivity contribution is 5.85. The van der Waals surface area contributed by atoms with Crippen LogP contribution in [-0.4, -0.2) is 37.6 Å². The Hall–Kier alpha value is -2.33. The van der Waals surface area contributed by atoms with Crippen LogP contribution < -0.4 is 10.1 Å². The second-order valence-corrected chi connectivity index (χ2v) is 6.15. The number of hydrogen-bond donors (Lipinski definition) is 1. The van der Waals surface area contributed by atoms with Crippen LogP contribution in [0, 0.1) is 0 Å². The van der Waals surface area contributed by atoms with Crippen molar-refractivity contribution >= 4 is 5.91 Å². The molecule has 118 valence electrons. The van der Waals surface area contributed by atoms with Crippen LogP contribution in [0.4, 0.5) is 0 Å². The van der Waals surface area contributed by atoms with E-state index in [0.717, 1.165) is 30.9 Å². The minimum atomic E-state index is -0.200. The van der Waals surface area contributed by atoms with Gasteiger partial charge in [-0.15, -0.1) is 0 Å². The third-order valence-electron chi connectivity index (χ3n) is 4.89. The zero-order valence-electron chi connectivity index (χ0n) is 13.2. The van der Waals surface area contributed by atoms with Gasteiger partial charge in [-0.1, -0.05) is 36.4 Å². The van der Waals surface area contributed by atoms with Gasteiger partial charge in [0.25, 0.3) is 0 Å². The molecular formula is C19H20N2O2. The van der Waals surface area contributed by atoms with E-state index in [1.54, 1.807) is 7.11 Å². The SMILES string of the molecule is COc1ccc2c(c1)[C@H]1C(=O)NCCN1C[C@H]2c1ccccc1. The molecule has 0 aromatic heterocycles. The average Bonchev–Trinajstić information content (AvgIpc) is 2.61. The number of ether oxygens (including phenoxy) is 1. The van der Waals surface area contributed by atoms with E-state index in [4.69, 9.17) is 4.74 Å². The number of rotatable bonds is 2. The van der Waals surface area contributed by atoms with Crippen LogP contribution in [0.3, 0.4) is 0 Å². The molecule has 2 aliphatic rings. The minimum absolute atomic E-state index is 0.0947. The van der Waals surface area contributed by atoms with Crippen molar-refractivity contribution in [3.8, 4) is 5.75 Å². The topological polar surface area (TPSA) is 41.6 Å². The summed E-state index contributed by atoms with van der Waals surface area (Å²) in [6.45, 7) is 2.48. The number of hydrogen-bond acceptors (Lipinski definition) is 3. The molecule has 4 heteroatoms. The van der Waals surface area contributed by atoms with E-state index in [1.807, 2.05) is 18.2 Å². The van der Waals surface area contributed by atoms with Crippen molar-refractivity contribution in [1.29, 1.82) is 0 Å². The van der Waals surface area contributed by atoms with E-state index in [0.29, 0.717) is 5.92 Å². The number of carbonyl (C=O) groups excluding carboxylic acids is 1. The molecule has 0 bridgehead atoms. The number of benzene rings is 2. The first-order valence-corrected chi connectivity index (χ1v) is 8.02. The first kappa shape index (κ1) is 14.3. The summed E-state index contributed by atoms with van der Waals surface area (Å²) in [5, 5.41) is 2.99.